The predicted octanol–water partition coefficient (Wildman–Crippen LogP) is 3.48. The molecule has 0 amide bonds. The lowest BCUT2D eigenvalue weighted by Crippen LogP contribution is -1.80. The van der Waals surface area contributed by atoms with Gasteiger partial charge in [-0.05, 0) is 31.0 Å². The van der Waals surface area contributed by atoms with Gasteiger partial charge in [0.1, 0.15) is 0 Å². The van der Waals surface area contributed by atoms with Gasteiger partial charge in [-0.1, -0.05) is 33.6 Å². The number of rotatable bonds is 1. The lowest BCUT2D eigenvalue weighted by atomic mass is 10.2. The van der Waals surface area contributed by atoms with Crippen molar-refractivity contribution in [1.82, 2.24) is 0 Å². The van der Waals surface area contributed by atoms with Crippen LogP contribution in [0, 0.1) is 6.92 Å². The van der Waals surface area contributed by atoms with Crippen molar-refractivity contribution in [1.29, 1.82) is 0 Å². The summed E-state index contributed by atoms with van der Waals surface area (Å²) in [4.78, 5) is 0. The first-order chi connectivity index (χ1) is 4.74. The minimum absolute atomic E-state index is 0.742. The van der Waals surface area contributed by atoms with E-state index < -0.39 is 0 Å². The summed E-state index contributed by atoms with van der Waals surface area (Å²) in [6.45, 7) is 3.75. The quantitative estimate of drug-likeness (QED) is 0.677. The fourth-order valence-electron chi connectivity index (χ4n) is 0.724. The molecular weight excluding hydrogens is 211 g/mol. The Bertz CT molecular complexity index is 233. The van der Waals surface area contributed by atoms with Crippen molar-refractivity contribution < 1.29 is 0 Å². The average Bonchev–Trinajstić information content (AvgIpc) is 1.88. The highest BCUT2D eigenvalue weighted by Crippen LogP contribution is 2.21. The zero-order chi connectivity index (χ0) is 7.56. The number of hydrogen-bond acceptors (Lipinski definition) is 0. The molecular formula is C8H7BrCl. The summed E-state index contributed by atoms with van der Waals surface area (Å²) >= 11 is 9.18. The second-order valence-corrected chi connectivity index (χ2v) is 3.31. The summed E-state index contributed by atoms with van der Waals surface area (Å²) in [6.07, 6.45) is 0.742. The molecule has 0 unspecified atom stereocenters. The molecule has 1 aromatic rings. The van der Waals surface area contributed by atoms with Gasteiger partial charge in [-0.15, -0.1) is 0 Å². The first-order valence-corrected chi connectivity index (χ1v) is 4.14. The molecule has 0 spiro atoms. The maximum absolute atomic E-state index is 5.86. The summed E-state index contributed by atoms with van der Waals surface area (Å²) in [6, 6.07) is 5.81. The van der Waals surface area contributed by atoms with Crippen LogP contribution in [-0.2, 0) is 6.42 Å². The van der Waals surface area contributed by atoms with E-state index >= 15 is 0 Å². The Labute approximate surface area is 74.3 Å². The van der Waals surface area contributed by atoms with Crippen LogP contribution < -0.4 is 0 Å². The zero-order valence-corrected chi connectivity index (χ0v) is 7.74. The Morgan fingerprint density at radius 3 is 2.70 bits per heavy atom. The predicted molar refractivity (Wildman–Crippen MR) is 48.2 cm³/mol. The SMILES string of the molecule is [CH2]Cc1ccc(Br)cc1Cl. The minimum Gasteiger partial charge on any atom is -0.0840 e. The summed E-state index contributed by atoms with van der Waals surface area (Å²) in [5.41, 5.74) is 1.09. The first-order valence-electron chi connectivity index (χ1n) is 2.97. The molecule has 0 heterocycles. The molecule has 1 radical (unpaired) electrons. The smallest absolute Gasteiger partial charge is 0.0449 e. The maximum Gasteiger partial charge on any atom is 0.0449 e. The largest absolute Gasteiger partial charge is 0.0840 e. The Morgan fingerprint density at radius 2 is 2.20 bits per heavy atom. The molecule has 0 aliphatic heterocycles. The van der Waals surface area contributed by atoms with Crippen molar-refractivity contribution in [3.05, 3.63) is 40.2 Å². The lowest BCUT2D eigenvalue weighted by Gasteiger charge is -1.99. The van der Waals surface area contributed by atoms with E-state index in [-0.39, 0.29) is 0 Å². The van der Waals surface area contributed by atoms with Gasteiger partial charge in [0.2, 0.25) is 0 Å². The third-order valence-electron chi connectivity index (χ3n) is 1.28. The summed E-state index contributed by atoms with van der Waals surface area (Å²) in [7, 11) is 0. The summed E-state index contributed by atoms with van der Waals surface area (Å²) in [5.74, 6) is 0. The van der Waals surface area contributed by atoms with Gasteiger partial charge in [0.15, 0.2) is 0 Å². The monoisotopic (exact) mass is 217 g/mol. The van der Waals surface area contributed by atoms with Crippen molar-refractivity contribution in [3.63, 3.8) is 0 Å². The lowest BCUT2D eigenvalue weighted by molar-refractivity contribution is 1.27. The molecule has 2 heteroatoms. The molecule has 1 aromatic carbocycles. The van der Waals surface area contributed by atoms with E-state index in [2.05, 4.69) is 22.9 Å². The van der Waals surface area contributed by atoms with Gasteiger partial charge in [0.05, 0.1) is 0 Å². The Balaban J connectivity index is 3.07. The van der Waals surface area contributed by atoms with Crippen molar-refractivity contribution >= 4 is 27.5 Å². The van der Waals surface area contributed by atoms with Crippen LogP contribution in [-0.4, -0.2) is 0 Å². The van der Waals surface area contributed by atoms with Crippen LogP contribution >= 0.6 is 27.5 Å². The van der Waals surface area contributed by atoms with Gasteiger partial charge >= 0.3 is 0 Å². The summed E-state index contributed by atoms with van der Waals surface area (Å²) in [5, 5.41) is 0.782. The van der Waals surface area contributed by atoms with Gasteiger partial charge in [0.25, 0.3) is 0 Å². The fourth-order valence-corrected chi connectivity index (χ4v) is 1.49. The molecule has 53 valence electrons. The Kier molecular flexibility index (Phi) is 2.75. The fraction of sp³-hybridized carbons (Fsp3) is 0.125. The molecule has 0 aliphatic rings. The zero-order valence-electron chi connectivity index (χ0n) is 5.40. The highest BCUT2D eigenvalue weighted by atomic mass is 79.9. The Hall–Kier alpha value is -0.0100. The maximum atomic E-state index is 5.86. The second-order valence-electron chi connectivity index (χ2n) is 1.99. The van der Waals surface area contributed by atoms with Crippen molar-refractivity contribution in [2.45, 2.75) is 6.42 Å². The summed E-state index contributed by atoms with van der Waals surface area (Å²) < 4.78 is 1.01. The van der Waals surface area contributed by atoms with Crippen LogP contribution in [0.1, 0.15) is 5.56 Å². The molecule has 1 rings (SSSR count). The molecule has 0 nitrogen and oxygen atoms in total. The van der Waals surface area contributed by atoms with Gasteiger partial charge in [-0.2, -0.15) is 0 Å². The van der Waals surface area contributed by atoms with Crippen LogP contribution in [0.15, 0.2) is 22.7 Å². The third kappa shape index (κ3) is 1.74. The molecule has 0 atom stereocenters. The van der Waals surface area contributed by atoms with Crippen molar-refractivity contribution in [2.75, 3.05) is 0 Å². The van der Waals surface area contributed by atoms with E-state index in [0.717, 1.165) is 21.5 Å². The van der Waals surface area contributed by atoms with Crippen LogP contribution in [0.3, 0.4) is 0 Å². The average molecular weight is 219 g/mol. The molecule has 0 saturated carbocycles. The molecule has 0 aliphatic carbocycles. The van der Waals surface area contributed by atoms with Gasteiger partial charge in [-0.3, -0.25) is 0 Å². The third-order valence-corrected chi connectivity index (χ3v) is 2.13. The van der Waals surface area contributed by atoms with Crippen LogP contribution in [0.5, 0.6) is 0 Å². The first kappa shape index (κ1) is 8.09. The number of benzene rings is 1. The van der Waals surface area contributed by atoms with Crippen molar-refractivity contribution in [3.8, 4) is 0 Å². The molecule has 0 N–H and O–H groups in total. The molecule has 0 fully saturated rings. The van der Waals surface area contributed by atoms with E-state index in [1.165, 1.54) is 0 Å². The van der Waals surface area contributed by atoms with Gasteiger partial charge in [-0.25, -0.2) is 0 Å². The van der Waals surface area contributed by atoms with E-state index in [9.17, 15) is 0 Å². The molecule has 10 heavy (non-hydrogen) atoms. The molecule has 0 bridgehead atoms. The van der Waals surface area contributed by atoms with Gasteiger partial charge in [0, 0.05) is 9.50 Å². The topological polar surface area (TPSA) is 0 Å². The minimum atomic E-state index is 0.742. The van der Waals surface area contributed by atoms with Crippen LogP contribution in [0.2, 0.25) is 5.02 Å². The van der Waals surface area contributed by atoms with E-state index in [1.54, 1.807) is 0 Å². The highest BCUT2D eigenvalue weighted by Gasteiger charge is 1.96. The molecule has 0 saturated heterocycles. The second kappa shape index (κ2) is 3.40. The van der Waals surface area contributed by atoms with Crippen LogP contribution in [0.4, 0.5) is 0 Å². The normalized spacial score (nSPS) is 9.90. The van der Waals surface area contributed by atoms with Crippen molar-refractivity contribution in [2.24, 2.45) is 0 Å². The van der Waals surface area contributed by atoms with Gasteiger partial charge < -0.3 is 0 Å². The van der Waals surface area contributed by atoms with E-state index in [4.69, 9.17) is 11.6 Å². The number of halogens is 2. The molecule has 0 aromatic heterocycles. The van der Waals surface area contributed by atoms with E-state index in [1.807, 2.05) is 18.2 Å². The Morgan fingerprint density at radius 1 is 1.50 bits per heavy atom. The number of hydrogen-bond donors (Lipinski definition) is 0. The standard InChI is InChI=1S/C8H7BrCl/c1-2-6-3-4-7(9)5-8(6)10/h3-5H,1-2H2. The van der Waals surface area contributed by atoms with E-state index in [0.29, 0.717) is 0 Å². The highest BCUT2D eigenvalue weighted by molar-refractivity contribution is 9.10. The van der Waals surface area contributed by atoms with Crippen LogP contribution in [0.25, 0.3) is 0 Å².